The summed E-state index contributed by atoms with van der Waals surface area (Å²) in [5.74, 6) is 0. The Balaban J connectivity index is 3.00. The molecule has 0 unspecified atom stereocenters. The van der Waals surface area contributed by atoms with Crippen molar-refractivity contribution in [3.63, 3.8) is 0 Å². The Bertz CT molecular complexity index is 521. The molecule has 0 saturated carbocycles. The summed E-state index contributed by atoms with van der Waals surface area (Å²) in [7, 11) is 1.19. The van der Waals surface area contributed by atoms with Gasteiger partial charge in [0.1, 0.15) is 0 Å². The summed E-state index contributed by atoms with van der Waals surface area (Å²) in [5.41, 5.74) is 3.26. The highest BCUT2D eigenvalue weighted by atomic mass is 32.2. The van der Waals surface area contributed by atoms with Gasteiger partial charge >= 0.3 is 0 Å². The number of aryl methyl sites for hydroxylation is 2. The molecule has 1 rings (SSSR count). The van der Waals surface area contributed by atoms with Gasteiger partial charge in [-0.05, 0) is 19.4 Å². The molecule has 114 valence electrons. The molecule has 0 aliphatic heterocycles. The van der Waals surface area contributed by atoms with Gasteiger partial charge in [0.25, 0.3) is 10.2 Å². The van der Waals surface area contributed by atoms with Crippen LogP contribution in [0.1, 0.15) is 16.7 Å². The van der Waals surface area contributed by atoms with E-state index in [0.29, 0.717) is 19.7 Å². The first-order valence-electron chi connectivity index (χ1n) is 6.51. The third kappa shape index (κ3) is 4.56. The molecule has 0 aliphatic carbocycles. The minimum atomic E-state index is -3.45. The molecule has 0 radical (unpaired) electrons. The lowest BCUT2D eigenvalue weighted by Gasteiger charge is -2.25. The molecule has 0 amide bonds. The van der Waals surface area contributed by atoms with Gasteiger partial charge in [-0.25, -0.2) is 0 Å². The van der Waals surface area contributed by atoms with Crippen molar-refractivity contribution in [2.75, 3.05) is 34.4 Å². The van der Waals surface area contributed by atoms with Gasteiger partial charge < -0.3 is 4.74 Å². The second-order valence-electron chi connectivity index (χ2n) is 5.11. The highest BCUT2D eigenvalue weighted by Crippen LogP contribution is 2.14. The number of hydrogen-bond acceptors (Lipinski definition) is 3. The van der Waals surface area contributed by atoms with Gasteiger partial charge in [-0.1, -0.05) is 29.3 Å². The summed E-state index contributed by atoms with van der Waals surface area (Å²) in [6.45, 7) is 5.08. The van der Waals surface area contributed by atoms with Crippen LogP contribution in [0.4, 0.5) is 0 Å². The second-order valence-corrected chi connectivity index (χ2v) is 7.25. The van der Waals surface area contributed by atoms with Gasteiger partial charge in [0.05, 0.1) is 6.61 Å². The summed E-state index contributed by atoms with van der Waals surface area (Å²) in [6, 6.07) is 6.10. The van der Waals surface area contributed by atoms with Crippen LogP contribution in [-0.2, 0) is 21.5 Å². The van der Waals surface area contributed by atoms with E-state index in [1.54, 1.807) is 7.11 Å². The van der Waals surface area contributed by atoms with Crippen LogP contribution in [0.5, 0.6) is 0 Å². The lowest BCUT2D eigenvalue weighted by molar-refractivity contribution is 0.175. The molecule has 0 aliphatic rings. The van der Waals surface area contributed by atoms with Gasteiger partial charge in [0.15, 0.2) is 0 Å². The minimum Gasteiger partial charge on any atom is -0.383 e. The number of ether oxygens (including phenoxy) is 1. The van der Waals surface area contributed by atoms with Gasteiger partial charge in [-0.3, -0.25) is 0 Å². The first-order chi connectivity index (χ1) is 9.27. The summed E-state index contributed by atoms with van der Waals surface area (Å²) in [4.78, 5) is 0. The molecule has 1 aromatic carbocycles. The van der Waals surface area contributed by atoms with E-state index in [0.717, 1.165) is 16.7 Å². The van der Waals surface area contributed by atoms with Crippen LogP contribution in [0.3, 0.4) is 0 Å². The van der Waals surface area contributed by atoms with Crippen molar-refractivity contribution < 1.29 is 13.2 Å². The molecular formula is C14H24N2O3S. The fourth-order valence-corrected chi connectivity index (χ4v) is 3.14. The summed E-state index contributed by atoms with van der Waals surface area (Å²) in [6.07, 6.45) is 0. The van der Waals surface area contributed by atoms with Crippen molar-refractivity contribution in [3.8, 4) is 0 Å². The number of rotatable bonds is 7. The van der Waals surface area contributed by atoms with E-state index in [1.165, 1.54) is 22.7 Å². The highest BCUT2D eigenvalue weighted by Gasteiger charge is 2.24. The van der Waals surface area contributed by atoms with Crippen LogP contribution in [-0.4, -0.2) is 51.4 Å². The van der Waals surface area contributed by atoms with Crippen molar-refractivity contribution >= 4 is 10.2 Å². The topological polar surface area (TPSA) is 49.9 Å². The Kier molecular flexibility index (Phi) is 6.13. The Morgan fingerprint density at radius 1 is 1.10 bits per heavy atom. The first-order valence-corrected chi connectivity index (χ1v) is 7.90. The first kappa shape index (κ1) is 17.1. The molecular weight excluding hydrogens is 276 g/mol. The highest BCUT2D eigenvalue weighted by molar-refractivity contribution is 7.86. The Hall–Kier alpha value is -0.950. The average molecular weight is 300 g/mol. The lowest BCUT2D eigenvalue weighted by atomic mass is 10.1. The maximum absolute atomic E-state index is 12.3. The van der Waals surface area contributed by atoms with Gasteiger partial charge in [-0.15, -0.1) is 0 Å². The smallest absolute Gasteiger partial charge is 0.281 e. The monoisotopic (exact) mass is 300 g/mol. The third-order valence-electron chi connectivity index (χ3n) is 2.97. The number of benzene rings is 1. The molecule has 6 heteroatoms. The normalized spacial score (nSPS) is 12.3. The molecule has 0 spiro atoms. The van der Waals surface area contributed by atoms with Crippen LogP contribution in [0, 0.1) is 13.8 Å². The van der Waals surface area contributed by atoms with E-state index < -0.39 is 10.2 Å². The summed E-state index contributed by atoms with van der Waals surface area (Å²) in [5, 5.41) is 0. The Labute approximate surface area is 122 Å². The zero-order valence-corrected chi connectivity index (χ0v) is 13.7. The third-order valence-corrected chi connectivity index (χ3v) is 4.86. The predicted molar refractivity (Wildman–Crippen MR) is 80.8 cm³/mol. The van der Waals surface area contributed by atoms with Crippen LogP contribution < -0.4 is 0 Å². The van der Waals surface area contributed by atoms with E-state index in [9.17, 15) is 8.42 Å². The fraction of sp³-hybridized carbons (Fsp3) is 0.571. The maximum Gasteiger partial charge on any atom is 0.281 e. The van der Waals surface area contributed by atoms with Crippen molar-refractivity contribution in [2.45, 2.75) is 20.4 Å². The Morgan fingerprint density at radius 2 is 1.65 bits per heavy atom. The van der Waals surface area contributed by atoms with Gasteiger partial charge in [0.2, 0.25) is 0 Å². The van der Waals surface area contributed by atoms with Crippen molar-refractivity contribution in [1.29, 1.82) is 0 Å². The molecule has 0 N–H and O–H groups in total. The number of methoxy groups -OCH3 is 1. The maximum atomic E-state index is 12.3. The molecule has 0 aromatic heterocycles. The molecule has 20 heavy (non-hydrogen) atoms. The van der Waals surface area contributed by atoms with Crippen molar-refractivity contribution in [2.24, 2.45) is 0 Å². The SMILES string of the molecule is COCCN(Cc1cc(C)cc(C)c1)S(=O)(=O)N(C)C. The van der Waals surface area contributed by atoms with Gasteiger partial charge in [-0.2, -0.15) is 17.0 Å². The van der Waals surface area contributed by atoms with Crippen LogP contribution >= 0.6 is 0 Å². The number of hydrogen-bond donors (Lipinski definition) is 0. The Morgan fingerprint density at radius 3 is 2.10 bits per heavy atom. The second kappa shape index (κ2) is 7.17. The molecule has 5 nitrogen and oxygen atoms in total. The molecule has 0 fully saturated rings. The largest absolute Gasteiger partial charge is 0.383 e. The molecule has 0 bridgehead atoms. The minimum absolute atomic E-state index is 0.337. The fourth-order valence-electron chi connectivity index (χ4n) is 2.06. The van der Waals surface area contributed by atoms with Crippen molar-refractivity contribution in [1.82, 2.24) is 8.61 Å². The van der Waals surface area contributed by atoms with E-state index in [-0.39, 0.29) is 0 Å². The zero-order chi connectivity index (χ0) is 15.3. The van der Waals surface area contributed by atoms with Crippen LogP contribution in [0.15, 0.2) is 18.2 Å². The van der Waals surface area contributed by atoms with Crippen molar-refractivity contribution in [3.05, 3.63) is 34.9 Å². The summed E-state index contributed by atoms with van der Waals surface area (Å²) >= 11 is 0. The summed E-state index contributed by atoms with van der Waals surface area (Å²) < 4.78 is 32.3. The van der Waals surface area contributed by atoms with E-state index >= 15 is 0 Å². The number of nitrogens with zero attached hydrogens (tertiary/aromatic N) is 2. The molecule has 0 heterocycles. The quantitative estimate of drug-likeness (QED) is 0.768. The zero-order valence-electron chi connectivity index (χ0n) is 12.9. The molecule has 1 aromatic rings. The van der Waals surface area contributed by atoms with E-state index in [1.807, 2.05) is 26.0 Å². The molecule has 0 saturated heterocycles. The van der Waals surface area contributed by atoms with Crippen LogP contribution in [0.2, 0.25) is 0 Å². The van der Waals surface area contributed by atoms with Gasteiger partial charge in [0, 0.05) is 34.3 Å². The van der Waals surface area contributed by atoms with E-state index in [2.05, 4.69) is 6.07 Å². The standard InChI is InChI=1S/C14H24N2O3S/c1-12-8-13(2)10-14(9-12)11-16(6-7-19-5)20(17,18)15(3)4/h8-10H,6-7,11H2,1-5H3. The van der Waals surface area contributed by atoms with E-state index in [4.69, 9.17) is 4.74 Å². The lowest BCUT2D eigenvalue weighted by Crippen LogP contribution is -2.41. The average Bonchev–Trinajstić information content (AvgIpc) is 2.32. The predicted octanol–water partition coefficient (Wildman–Crippen LogP) is 1.56. The van der Waals surface area contributed by atoms with Crippen LogP contribution in [0.25, 0.3) is 0 Å². The molecule has 0 atom stereocenters.